The molecule has 1 aliphatic heterocycles. The molecule has 2 N–H and O–H groups in total. The zero-order chi connectivity index (χ0) is 26.5. The van der Waals surface area contributed by atoms with Crippen molar-refractivity contribution in [3.63, 3.8) is 0 Å². The molecule has 1 aromatic rings. The molecule has 6 heteroatoms. The average molecular weight is 500 g/mol. The molecule has 1 aromatic carbocycles. The Bertz CT molecular complexity index is 863. The molecule has 2 fully saturated rings. The molecule has 6 nitrogen and oxygen atoms in total. The van der Waals surface area contributed by atoms with E-state index in [9.17, 15) is 9.59 Å². The van der Waals surface area contributed by atoms with Gasteiger partial charge in [-0.3, -0.25) is 14.5 Å². The number of rotatable bonds is 11. The van der Waals surface area contributed by atoms with Gasteiger partial charge in [0, 0.05) is 24.9 Å². The maximum absolute atomic E-state index is 14.4. The molecule has 0 aromatic heterocycles. The zero-order valence-corrected chi connectivity index (χ0v) is 23.5. The molecule has 1 saturated carbocycles. The second-order valence-electron chi connectivity index (χ2n) is 11.8. The first-order valence-electron chi connectivity index (χ1n) is 14.1. The van der Waals surface area contributed by atoms with Gasteiger partial charge >= 0.3 is 5.97 Å². The Labute approximate surface area is 218 Å². The molecule has 0 radical (unpaired) electrons. The van der Waals surface area contributed by atoms with E-state index in [-0.39, 0.29) is 17.9 Å². The van der Waals surface area contributed by atoms with Crippen molar-refractivity contribution < 1.29 is 14.3 Å². The van der Waals surface area contributed by atoms with Crippen LogP contribution in [0.1, 0.15) is 92.1 Å². The number of hydrogen-bond acceptors (Lipinski definition) is 5. The van der Waals surface area contributed by atoms with E-state index < -0.39 is 23.2 Å². The molecule has 1 heterocycles. The monoisotopic (exact) mass is 499 g/mol. The van der Waals surface area contributed by atoms with E-state index in [1.807, 2.05) is 6.07 Å². The predicted molar refractivity (Wildman–Crippen MR) is 145 cm³/mol. The Morgan fingerprint density at radius 1 is 1.17 bits per heavy atom. The van der Waals surface area contributed by atoms with Gasteiger partial charge in [0.15, 0.2) is 0 Å². The van der Waals surface area contributed by atoms with E-state index in [2.05, 4.69) is 68.7 Å². The molecule has 2 aliphatic rings. The van der Waals surface area contributed by atoms with Gasteiger partial charge in [0.1, 0.15) is 6.10 Å². The zero-order valence-electron chi connectivity index (χ0n) is 23.5. The summed E-state index contributed by atoms with van der Waals surface area (Å²) in [6.07, 6.45) is 7.66. The Morgan fingerprint density at radius 3 is 2.33 bits per heavy atom. The summed E-state index contributed by atoms with van der Waals surface area (Å²) in [6, 6.07) is 10.1. The second kappa shape index (κ2) is 12.1. The Hall–Kier alpha value is -1.92. The lowest BCUT2D eigenvalue weighted by Crippen LogP contribution is -2.65. The van der Waals surface area contributed by atoms with Crippen LogP contribution < -0.4 is 5.73 Å². The van der Waals surface area contributed by atoms with Crippen LogP contribution in [0, 0.1) is 11.8 Å². The number of benzene rings is 1. The van der Waals surface area contributed by atoms with Crippen molar-refractivity contribution in [1.29, 1.82) is 0 Å². The van der Waals surface area contributed by atoms with E-state index in [0.717, 1.165) is 25.9 Å². The molecule has 4 atom stereocenters. The Kier molecular flexibility index (Phi) is 9.62. The van der Waals surface area contributed by atoms with Crippen LogP contribution in [0.5, 0.6) is 0 Å². The van der Waals surface area contributed by atoms with Gasteiger partial charge in [-0.2, -0.15) is 0 Å². The molecule has 1 unspecified atom stereocenters. The quantitative estimate of drug-likeness (QED) is 0.427. The molecule has 1 amide bonds. The molecule has 1 aliphatic carbocycles. The van der Waals surface area contributed by atoms with Crippen LogP contribution in [0.4, 0.5) is 0 Å². The SMILES string of the molecule is CCN(CC)C(C)(Cc1ccccc1)N1C(=O)[C@H]([C@H](OC(C)=O)[C@@H](N)CC2CCCCC2)CC1(C)C. The number of nitrogens with zero attached hydrogens (tertiary/aromatic N) is 2. The largest absolute Gasteiger partial charge is 0.460 e. The lowest BCUT2D eigenvalue weighted by Gasteiger charge is -2.52. The highest BCUT2D eigenvalue weighted by Gasteiger charge is 2.57. The van der Waals surface area contributed by atoms with Crippen molar-refractivity contribution in [2.24, 2.45) is 17.6 Å². The van der Waals surface area contributed by atoms with Crippen molar-refractivity contribution in [1.82, 2.24) is 9.80 Å². The van der Waals surface area contributed by atoms with Crippen molar-refractivity contribution in [2.45, 2.75) is 116 Å². The summed E-state index contributed by atoms with van der Waals surface area (Å²) >= 11 is 0. The number of nitrogens with two attached hydrogens (primary N) is 1. The third kappa shape index (κ3) is 6.31. The molecular formula is C30H49N3O3. The molecule has 36 heavy (non-hydrogen) atoms. The standard InChI is InChI=1S/C30H49N3O3/c1-7-32(8-2)30(6,20-24-17-13-10-14-18-24)33-28(35)25(21-29(33,4)5)27(36-22(3)34)26(31)19-23-15-11-9-12-16-23/h10,13-14,17-18,23,25-27H,7-9,11-12,15-16,19-21,31H2,1-6H3/t25-,26-,27-,30?/m0/s1. The van der Waals surface area contributed by atoms with Crippen LogP contribution >= 0.6 is 0 Å². The number of ether oxygens (including phenoxy) is 1. The minimum absolute atomic E-state index is 0.0516. The van der Waals surface area contributed by atoms with E-state index in [1.54, 1.807) is 0 Å². The van der Waals surface area contributed by atoms with Crippen LogP contribution in [0.3, 0.4) is 0 Å². The van der Waals surface area contributed by atoms with Crippen molar-refractivity contribution in [2.75, 3.05) is 13.1 Å². The number of esters is 1. The fourth-order valence-corrected chi connectivity index (χ4v) is 7.15. The van der Waals surface area contributed by atoms with Crippen molar-refractivity contribution in [3.05, 3.63) is 35.9 Å². The van der Waals surface area contributed by atoms with Crippen molar-refractivity contribution >= 4 is 11.9 Å². The first kappa shape index (κ1) is 28.6. The highest BCUT2D eigenvalue weighted by Crippen LogP contribution is 2.44. The topological polar surface area (TPSA) is 75.9 Å². The number of carbonyl (C=O) groups is 2. The summed E-state index contributed by atoms with van der Waals surface area (Å²) < 4.78 is 5.87. The third-order valence-corrected chi connectivity index (χ3v) is 8.62. The Balaban J connectivity index is 1.94. The molecular weight excluding hydrogens is 450 g/mol. The van der Waals surface area contributed by atoms with E-state index in [1.165, 1.54) is 44.6 Å². The first-order chi connectivity index (χ1) is 17.0. The summed E-state index contributed by atoms with van der Waals surface area (Å²) in [5, 5.41) is 0. The van der Waals surface area contributed by atoms with Crippen LogP contribution in [0.25, 0.3) is 0 Å². The average Bonchev–Trinajstić information content (AvgIpc) is 3.07. The normalized spacial score (nSPS) is 23.9. The molecule has 3 rings (SSSR count). The van der Waals surface area contributed by atoms with Crippen LogP contribution in [-0.4, -0.2) is 58.1 Å². The van der Waals surface area contributed by atoms with E-state index >= 15 is 0 Å². The van der Waals surface area contributed by atoms with Crippen LogP contribution in [-0.2, 0) is 20.7 Å². The van der Waals surface area contributed by atoms with E-state index in [0.29, 0.717) is 12.3 Å². The maximum Gasteiger partial charge on any atom is 0.302 e. The van der Waals surface area contributed by atoms with Gasteiger partial charge in [-0.1, -0.05) is 76.3 Å². The molecule has 1 saturated heterocycles. The summed E-state index contributed by atoms with van der Waals surface area (Å²) in [7, 11) is 0. The second-order valence-corrected chi connectivity index (χ2v) is 11.8. The van der Waals surface area contributed by atoms with Gasteiger partial charge in [0.25, 0.3) is 0 Å². The van der Waals surface area contributed by atoms with Gasteiger partial charge in [-0.25, -0.2) is 0 Å². The fourth-order valence-electron chi connectivity index (χ4n) is 7.15. The van der Waals surface area contributed by atoms with Crippen LogP contribution in [0.15, 0.2) is 30.3 Å². The lowest BCUT2D eigenvalue weighted by atomic mass is 9.81. The number of likely N-dealkylation sites (N-methyl/N-ethyl adjacent to an activating group) is 1. The number of likely N-dealkylation sites (tertiary alicyclic amines) is 1. The van der Waals surface area contributed by atoms with Gasteiger partial charge in [-0.05, 0) is 58.2 Å². The van der Waals surface area contributed by atoms with Gasteiger partial charge in [0.05, 0.1) is 11.6 Å². The smallest absolute Gasteiger partial charge is 0.302 e. The minimum Gasteiger partial charge on any atom is -0.460 e. The maximum atomic E-state index is 14.4. The van der Waals surface area contributed by atoms with Crippen molar-refractivity contribution in [3.8, 4) is 0 Å². The first-order valence-corrected chi connectivity index (χ1v) is 14.1. The van der Waals surface area contributed by atoms with Crippen LogP contribution in [0.2, 0.25) is 0 Å². The highest BCUT2D eigenvalue weighted by atomic mass is 16.5. The summed E-state index contributed by atoms with van der Waals surface area (Å²) in [5.41, 5.74) is 7.03. The number of carbonyl (C=O) groups excluding carboxylic acids is 2. The molecule has 0 bridgehead atoms. The summed E-state index contributed by atoms with van der Waals surface area (Å²) in [6.45, 7) is 13.9. The minimum atomic E-state index is -0.598. The fraction of sp³-hybridized carbons (Fsp3) is 0.733. The summed E-state index contributed by atoms with van der Waals surface area (Å²) in [4.78, 5) is 31.0. The lowest BCUT2D eigenvalue weighted by molar-refractivity contribution is -0.159. The third-order valence-electron chi connectivity index (χ3n) is 8.62. The molecule has 0 spiro atoms. The number of amides is 1. The molecule has 202 valence electrons. The van der Waals surface area contributed by atoms with Gasteiger partial charge in [-0.15, -0.1) is 0 Å². The number of hydrogen-bond donors (Lipinski definition) is 1. The van der Waals surface area contributed by atoms with Gasteiger partial charge < -0.3 is 15.4 Å². The predicted octanol–water partition coefficient (Wildman–Crippen LogP) is 5.14. The van der Waals surface area contributed by atoms with E-state index in [4.69, 9.17) is 10.5 Å². The Morgan fingerprint density at radius 2 is 1.78 bits per heavy atom. The van der Waals surface area contributed by atoms with Gasteiger partial charge in [0.2, 0.25) is 5.91 Å². The highest BCUT2D eigenvalue weighted by molar-refractivity contribution is 5.84. The summed E-state index contributed by atoms with van der Waals surface area (Å²) in [5.74, 6) is -0.200.